The van der Waals surface area contributed by atoms with Crippen LogP contribution in [0.5, 0.6) is 0 Å². The lowest BCUT2D eigenvalue weighted by Crippen LogP contribution is -2.01. The molecule has 0 spiro atoms. The van der Waals surface area contributed by atoms with Crippen molar-refractivity contribution in [1.29, 1.82) is 0 Å². The number of hydrogen-bond donors (Lipinski definition) is 1. The van der Waals surface area contributed by atoms with Gasteiger partial charge in [-0.05, 0) is 30.7 Å². The standard InChI is InChI=1S/C12H10N2O4/c15-11(16)6-4-8-3-5-10-9(2-1-7-13-10)12(8)14(17)18/h1-3,5,7H,4,6H2,(H,15,16). The van der Waals surface area contributed by atoms with E-state index in [1.807, 2.05) is 0 Å². The molecule has 2 aromatic rings. The summed E-state index contributed by atoms with van der Waals surface area (Å²) in [5.41, 5.74) is 0.896. The zero-order valence-corrected chi connectivity index (χ0v) is 9.37. The minimum Gasteiger partial charge on any atom is -0.481 e. The van der Waals surface area contributed by atoms with Crippen molar-refractivity contribution in [3.05, 3.63) is 46.1 Å². The quantitative estimate of drug-likeness (QED) is 0.659. The lowest BCUT2D eigenvalue weighted by atomic mass is 10.0. The van der Waals surface area contributed by atoms with Gasteiger partial charge in [0.05, 0.1) is 15.8 Å². The third kappa shape index (κ3) is 2.27. The van der Waals surface area contributed by atoms with E-state index in [1.165, 1.54) is 0 Å². The first kappa shape index (κ1) is 12.0. The van der Waals surface area contributed by atoms with Gasteiger partial charge < -0.3 is 5.11 Å². The second kappa shape index (κ2) is 4.79. The van der Waals surface area contributed by atoms with E-state index >= 15 is 0 Å². The highest BCUT2D eigenvalue weighted by molar-refractivity contribution is 5.89. The van der Waals surface area contributed by atoms with Crippen molar-refractivity contribution in [3.63, 3.8) is 0 Å². The molecule has 0 saturated carbocycles. The summed E-state index contributed by atoms with van der Waals surface area (Å²) in [6.45, 7) is 0. The lowest BCUT2D eigenvalue weighted by molar-refractivity contribution is -0.383. The SMILES string of the molecule is O=C(O)CCc1ccc2ncccc2c1[N+](=O)[O-]. The van der Waals surface area contributed by atoms with Crippen molar-refractivity contribution in [3.8, 4) is 0 Å². The molecular weight excluding hydrogens is 236 g/mol. The third-order valence-corrected chi connectivity index (χ3v) is 2.63. The van der Waals surface area contributed by atoms with Crippen LogP contribution in [0, 0.1) is 10.1 Å². The van der Waals surface area contributed by atoms with Gasteiger partial charge in [-0.1, -0.05) is 0 Å². The number of benzene rings is 1. The summed E-state index contributed by atoms with van der Waals surface area (Å²) in [7, 11) is 0. The molecular formula is C12H10N2O4. The Hall–Kier alpha value is -2.50. The molecule has 0 aliphatic rings. The highest BCUT2D eigenvalue weighted by Crippen LogP contribution is 2.29. The number of nitro benzene ring substituents is 1. The maximum absolute atomic E-state index is 11.1. The van der Waals surface area contributed by atoms with E-state index in [9.17, 15) is 14.9 Å². The molecule has 0 atom stereocenters. The van der Waals surface area contributed by atoms with Crippen molar-refractivity contribution < 1.29 is 14.8 Å². The van der Waals surface area contributed by atoms with Gasteiger partial charge in [0.1, 0.15) is 0 Å². The Kier molecular flexibility index (Phi) is 3.18. The van der Waals surface area contributed by atoms with E-state index in [2.05, 4.69) is 4.98 Å². The molecule has 18 heavy (non-hydrogen) atoms. The molecule has 92 valence electrons. The molecule has 1 heterocycles. The van der Waals surface area contributed by atoms with Crippen LogP contribution in [0.2, 0.25) is 0 Å². The number of aryl methyl sites for hydroxylation is 1. The number of pyridine rings is 1. The van der Waals surface area contributed by atoms with Crippen LogP contribution >= 0.6 is 0 Å². The zero-order chi connectivity index (χ0) is 13.1. The van der Waals surface area contributed by atoms with Crippen LogP contribution in [0.25, 0.3) is 10.9 Å². The molecule has 0 fully saturated rings. The van der Waals surface area contributed by atoms with Gasteiger partial charge in [0.15, 0.2) is 0 Å². The fourth-order valence-corrected chi connectivity index (χ4v) is 1.84. The first-order valence-electron chi connectivity index (χ1n) is 5.32. The van der Waals surface area contributed by atoms with Crippen molar-refractivity contribution in [2.45, 2.75) is 12.8 Å². The zero-order valence-electron chi connectivity index (χ0n) is 9.37. The van der Waals surface area contributed by atoms with Gasteiger partial charge in [-0.15, -0.1) is 0 Å². The maximum atomic E-state index is 11.1. The minimum absolute atomic E-state index is 0.0538. The van der Waals surface area contributed by atoms with Gasteiger partial charge >= 0.3 is 5.97 Å². The second-order valence-electron chi connectivity index (χ2n) is 3.79. The topological polar surface area (TPSA) is 93.3 Å². The molecule has 0 radical (unpaired) electrons. The smallest absolute Gasteiger partial charge is 0.303 e. The van der Waals surface area contributed by atoms with Gasteiger partial charge in [-0.3, -0.25) is 19.9 Å². The van der Waals surface area contributed by atoms with Crippen molar-refractivity contribution in [2.75, 3.05) is 0 Å². The summed E-state index contributed by atoms with van der Waals surface area (Å²) in [6.07, 6.45) is 1.56. The van der Waals surface area contributed by atoms with Crippen molar-refractivity contribution in [2.24, 2.45) is 0 Å². The molecule has 0 amide bonds. The van der Waals surface area contributed by atoms with Gasteiger partial charge in [0.25, 0.3) is 5.69 Å². The van der Waals surface area contributed by atoms with Crippen LogP contribution in [-0.4, -0.2) is 21.0 Å². The number of aliphatic carboxylic acids is 1. The Morgan fingerprint density at radius 3 is 2.83 bits per heavy atom. The lowest BCUT2D eigenvalue weighted by Gasteiger charge is -2.04. The number of carboxylic acid groups (broad SMARTS) is 1. The first-order chi connectivity index (χ1) is 8.59. The number of fused-ring (bicyclic) bond motifs is 1. The number of rotatable bonds is 4. The molecule has 1 N–H and O–H groups in total. The molecule has 6 nitrogen and oxygen atoms in total. The Labute approximate surface area is 102 Å². The Balaban J connectivity index is 2.55. The summed E-state index contributed by atoms with van der Waals surface area (Å²) in [4.78, 5) is 25.2. The Morgan fingerprint density at radius 1 is 1.39 bits per heavy atom. The number of hydrogen-bond acceptors (Lipinski definition) is 4. The van der Waals surface area contributed by atoms with E-state index in [1.54, 1.807) is 30.5 Å². The number of aromatic nitrogens is 1. The van der Waals surface area contributed by atoms with Crippen LogP contribution in [0.3, 0.4) is 0 Å². The number of carboxylic acids is 1. The molecule has 6 heteroatoms. The summed E-state index contributed by atoms with van der Waals surface area (Å²) in [5, 5.41) is 20.2. The summed E-state index contributed by atoms with van der Waals surface area (Å²) >= 11 is 0. The van der Waals surface area contributed by atoms with Crippen LogP contribution in [0.15, 0.2) is 30.5 Å². The summed E-state index contributed by atoms with van der Waals surface area (Å²) < 4.78 is 0. The predicted molar refractivity (Wildman–Crippen MR) is 64.4 cm³/mol. The number of carbonyl (C=O) groups is 1. The third-order valence-electron chi connectivity index (χ3n) is 2.63. The second-order valence-corrected chi connectivity index (χ2v) is 3.79. The highest BCUT2D eigenvalue weighted by Gasteiger charge is 2.18. The first-order valence-corrected chi connectivity index (χ1v) is 5.32. The maximum Gasteiger partial charge on any atom is 0.303 e. The van der Waals surface area contributed by atoms with E-state index in [-0.39, 0.29) is 18.5 Å². The van der Waals surface area contributed by atoms with Crippen LogP contribution < -0.4 is 0 Å². The van der Waals surface area contributed by atoms with E-state index in [0.717, 1.165) is 0 Å². The van der Waals surface area contributed by atoms with E-state index in [0.29, 0.717) is 16.5 Å². The average Bonchev–Trinajstić information content (AvgIpc) is 2.35. The Morgan fingerprint density at radius 2 is 2.17 bits per heavy atom. The normalized spacial score (nSPS) is 10.4. The van der Waals surface area contributed by atoms with Crippen molar-refractivity contribution in [1.82, 2.24) is 4.98 Å². The van der Waals surface area contributed by atoms with Gasteiger partial charge in [0, 0.05) is 18.2 Å². The monoisotopic (exact) mass is 246 g/mol. The van der Waals surface area contributed by atoms with Crippen LogP contribution in [-0.2, 0) is 11.2 Å². The molecule has 1 aromatic carbocycles. The van der Waals surface area contributed by atoms with E-state index < -0.39 is 10.9 Å². The fraction of sp³-hybridized carbons (Fsp3) is 0.167. The van der Waals surface area contributed by atoms with Gasteiger partial charge in [-0.2, -0.15) is 0 Å². The average molecular weight is 246 g/mol. The van der Waals surface area contributed by atoms with Crippen LogP contribution in [0.4, 0.5) is 5.69 Å². The minimum atomic E-state index is -0.976. The largest absolute Gasteiger partial charge is 0.481 e. The molecule has 0 aliphatic carbocycles. The number of nitrogens with zero attached hydrogens (tertiary/aromatic N) is 2. The van der Waals surface area contributed by atoms with Gasteiger partial charge in [0.2, 0.25) is 0 Å². The summed E-state index contributed by atoms with van der Waals surface area (Å²) in [6, 6.07) is 6.47. The summed E-state index contributed by atoms with van der Waals surface area (Å²) in [5.74, 6) is -0.976. The molecule has 0 saturated heterocycles. The Bertz CT molecular complexity index is 625. The predicted octanol–water partition coefficient (Wildman–Crippen LogP) is 2.16. The highest BCUT2D eigenvalue weighted by atomic mass is 16.6. The fourth-order valence-electron chi connectivity index (χ4n) is 1.84. The molecule has 0 unspecified atom stereocenters. The molecule has 0 bridgehead atoms. The number of nitro groups is 1. The van der Waals surface area contributed by atoms with Crippen molar-refractivity contribution >= 4 is 22.6 Å². The van der Waals surface area contributed by atoms with E-state index in [4.69, 9.17) is 5.11 Å². The molecule has 2 rings (SSSR count). The van der Waals surface area contributed by atoms with Gasteiger partial charge in [-0.25, -0.2) is 0 Å². The molecule has 0 aliphatic heterocycles. The molecule has 1 aromatic heterocycles. The van der Waals surface area contributed by atoms with Crippen LogP contribution in [0.1, 0.15) is 12.0 Å².